The van der Waals surface area contributed by atoms with Crippen LogP contribution < -0.4 is 10.6 Å². The summed E-state index contributed by atoms with van der Waals surface area (Å²) < 4.78 is 11.2. The zero-order valence-corrected chi connectivity index (χ0v) is 18.7. The van der Waals surface area contributed by atoms with E-state index in [0.717, 1.165) is 64.9 Å². The Labute approximate surface area is 182 Å². The van der Waals surface area contributed by atoms with Crippen molar-refractivity contribution < 1.29 is 9.47 Å². The molecule has 1 unspecified atom stereocenters. The molecule has 3 rings (SSSR count). The number of hydrogen-bond acceptors (Lipinski definition) is 4. The highest BCUT2D eigenvalue weighted by atomic mass is 16.5. The van der Waals surface area contributed by atoms with Crippen molar-refractivity contribution in [3.8, 4) is 0 Å². The largest absolute Gasteiger partial charge is 0.381 e. The number of hydrogen-bond donors (Lipinski definition) is 2. The molecule has 0 spiro atoms. The Hall–Kier alpha value is -1.63. The first-order valence-corrected chi connectivity index (χ1v) is 11.8. The number of nitrogens with zero attached hydrogens (tertiary/aromatic N) is 2. The Bertz CT molecular complexity index is 625. The molecule has 168 valence electrons. The molecule has 2 fully saturated rings. The van der Waals surface area contributed by atoms with Crippen LogP contribution in [0.2, 0.25) is 0 Å². The summed E-state index contributed by atoms with van der Waals surface area (Å²) in [7, 11) is 0. The Balaban J connectivity index is 1.42. The number of ether oxygens (including phenoxy) is 2. The average molecular weight is 417 g/mol. The second-order valence-electron chi connectivity index (χ2n) is 8.39. The van der Waals surface area contributed by atoms with Crippen LogP contribution in [0.25, 0.3) is 0 Å². The molecular formula is C24H40N4O2. The van der Waals surface area contributed by atoms with E-state index in [-0.39, 0.29) is 0 Å². The number of rotatable bonds is 11. The maximum absolute atomic E-state index is 5.79. The van der Waals surface area contributed by atoms with Crippen molar-refractivity contribution in [3.05, 3.63) is 35.4 Å². The fourth-order valence-corrected chi connectivity index (χ4v) is 4.08. The van der Waals surface area contributed by atoms with Crippen molar-refractivity contribution in [1.29, 1.82) is 0 Å². The molecule has 0 radical (unpaired) electrons. The summed E-state index contributed by atoms with van der Waals surface area (Å²) in [5.41, 5.74) is 2.73. The number of guanidine groups is 1. The Morgan fingerprint density at radius 3 is 2.77 bits per heavy atom. The van der Waals surface area contributed by atoms with Crippen molar-refractivity contribution in [2.45, 2.75) is 52.1 Å². The third kappa shape index (κ3) is 8.25. The lowest BCUT2D eigenvalue weighted by Gasteiger charge is -2.27. The molecule has 0 aliphatic carbocycles. The van der Waals surface area contributed by atoms with Gasteiger partial charge in [-0.15, -0.1) is 0 Å². The molecule has 1 aromatic rings. The minimum atomic E-state index is 0.585. The summed E-state index contributed by atoms with van der Waals surface area (Å²) in [6.45, 7) is 11.4. The number of nitrogens with one attached hydrogen (secondary N) is 2. The maximum atomic E-state index is 5.79. The van der Waals surface area contributed by atoms with Crippen LogP contribution >= 0.6 is 0 Å². The van der Waals surface area contributed by atoms with Gasteiger partial charge in [0, 0.05) is 38.8 Å². The minimum Gasteiger partial charge on any atom is -0.381 e. The minimum absolute atomic E-state index is 0.585. The van der Waals surface area contributed by atoms with E-state index in [2.05, 4.69) is 46.7 Å². The van der Waals surface area contributed by atoms with Gasteiger partial charge in [0.1, 0.15) is 0 Å². The van der Waals surface area contributed by atoms with E-state index in [0.29, 0.717) is 12.5 Å². The van der Waals surface area contributed by atoms with Crippen LogP contribution in [0.1, 0.15) is 50.2 Å². The van der Waals surface area contributed by atoms with Gasteiger partial charge < -0.3 is 20.1 Å². The summed E-state index contributed by atoms with van der Waals surface area (Å²) in [4.78, 5) is 7.41. The second kappa shape index (κ2) is 13.6. The lowest BCUT2D eigenvalue weighted by molar-refractivity contribution is 0.0888. The molecule has 1 aromatic carbocycles. The summed E-state index contributed by atoms with van der Waals surface area (Å²) in [5.74, 6) is 1.47. The van der Waals surface area contributed by atoms with E-state index < -0.39 is 0 Å². The molecule has 2 aliphatic heterocycles. The molecule has 0 bridgehead atoms. The van der Waals surface area contributed by atoms with Gasteiger partial charge in [0.05, 0.1) is 19.8 Å². The van der Waals surface area contributed by atoms with Crippen LogP contribution in [0, 0.1) is 5.92 Å². The highest BCUT2D eigenvalue weighted by Gasteiger charge is 2.15. The quantitative estimate of drug-likeness (QED) is 0.330. The van der Waals surface area contributed by atoms with Crippen molar-refractivity contribution in [2.24, 2.45) is 10.9 Å². The van der Waals surface area contributed by atoms with E-state index in [1.807, 2.05) is 0 Å². The van der Waals surface area contributed by atoms with Crippen LogP contribution in [-0.4, -0.2) is 63.5 Å². The molecule has 0 aromatic heterocycles. The Kier molecular flexibility index (Phi) is 10.5. The van der Waals surface area contributed by atoms with E-state index in [9.17, 15) is 0 Å². The third-order valence-electron chi connectivity index (χ3n) is 5.85. The highest BCUT2D eigenvalue weighted by molar-refractivity contribution is 5.79. The second-order valence-corrected chi connectivity index (χ2v) is 8.39. The van der Waals surface area contributed by atoms with Gasteiger partial charge in [-0.25, -0.2) is 4.99 Å². The van der Waals surface area contributed by atoms with Gasteiger partial charge in [0.2, 0.25) is 0 Å². The lowest BCUT2D eigenvalue weighted by atomic mass is 10.1. The smallest absolute Gasteiger partial charge is 0.191 e. The van der Waals surface area contributed by atoms with E-state index in [4.69, 9.17) is 14.5 Å². The van der Waals surface area contributed by atoms with Gasteiger partial charge in [-0.2, -0.15) is 0 Å². The monoisotopic (exact) mass is 416 g/mol. The zero-order valence-electron chi connectivity index (χ0n) is 18.7. The zero-order chi connectivity index (χ0) is 20.9. The first kappa shape index (κ1) is 23.0. The van der Waals surface area contributed by atoms with Gasteiger partial charge in [0.15, 0.2) is 5.96 Å². The summed E-state index contributed by atoms with van der Waals surface area (Å²) in [6.07, 6.45) is 6.14. The van der Waals surface area contributed by atoms with Crippen molar-refractivity contribution in [1.82, 2.24) is 15.5 Å². The first-order chi connectivity index (χ1) is 14.8. The normalized spacial score (nSPS) is 20.4. The van der Waals surface area contributed by atoms with Crippen molar-refractivity contribution in [3.63, 3.8) is 0 Å². The standard InChI is InChI=1S/C24H40N4O2/c1-2-25-24(26-12-8-15-29-19-21-11-16-30-20-21)27-17-22-9-4-5-10-23(22)18-28-13-6-3-7-14-28/h4-5,9-10,21H,2-3,6-8,11-20H2,1H3,(H2,25,26,27). The number of aliphatic imine (C=N–C) groups is 1. The van der Waals surface area contributed by atoms with Gasteiger partial charge in [-0.1, -0.05) is 30.7 Å². The van der Waals surface area contributed by atoms with Gasteiger partial charge in [-0.05, 0) is 56.8 Å². The fraction of sp³-hybridized carbons (Fsp3) is 0.708. The fourth-order valence-electron chi connectivity index (χ4n) is 4.08. The first-order valence-electron chi connectivity index (χ1n) is 11.8. The number of piperidine rings is 1. The average Bonchev–Trinajstić information content (AvgIpc) is 3.29. The van der Waals surface area contributed by atoms with Gasteiger partial charge in [0.25, 0.3) is 0 Å². The number of likely N-dealkylation sites (tertiary alicyclic amines) is 1. The molecule has 1 atom stereocenters. The van der Waals surface area contributed by atoms with Crippen LogP contribution in [0.4, 0.5) is 0 Å². The van der Waals surface area contributed by atoms with Crippen LogP contribution in [0.5, 0.6) is 0 Å². The summed E-state index contributed by atoms with van der Waals surface area (Å²) in [5, 5.41) is 6.80. The Morgan fingerprint density at radius 2 is 2.00 bits per heavy atom. The third-order valence-corrected chi connectivity index (χ3v) is 5.85. The van der Waals surface area contributed by atoms with Gasteiger partial charge >= 0.3 is 0 Å². The Morgan fingerprint density at radius 1 is 1.17 bits per heavy atom. The van der Waals surface area contributed by atoms with Crippen molar-refractivity contribution >= 4 is 5.96 Å². The predicted molar refractivity (Wildman–Crippen MR) is 123 cm³/mol. The summed E-state index contributed by atoms with van der Waals surface area (Å²) >= 11 is 0. The molecule has 0 amide bonds. The molecule has 0 saturated carbocycles. The van der Waals surface area contributed by atoms with Crippen LogP contribution in [-0.2, 0) is 22.6 Å². The van der Waals surface area contributed by atoms with E-state index in [1.165, 1.54) is 43.5 Å². The van der Waals surface area contributed by atoms with E-state index in [1.54, 1.807) is 0 Å². The van der Waals surface area contributed by atoms with Crippen LogP contribution in [0.3, 0.4) is 0 Å². The predicted octanol–water partition coefficient (Wildman–Crippen LogP) is 3.17. The van der Waals surface area contributed by atoms with Crippen molar-refractivity contribution in [2.75, 3.05) is 52.6 Å². The topological polar surface area (TPSA) is 58.1 Å². The highest BCUT2D eigenvalue weighted by Crippen LogP contribution is 2.17. The molecule has 30 heavy (non-hydrogen) atoms. The molecule has 2 saturated heterocycles. The number of benzene rings is 1. The molecule has 6 nitrogen and oxygen atoms in total. The molecular weight excluding hydrogens is 376 g/mol. The van der Waals surface area contributed by atoms with Crippen LogP contribution in [0.15, 0.2) is 29.3 Å². The summed E-state index contributed by atoms with van der Waals surface area (Å²) in [6, 6.07) is 8.74. The van der Waals surface area contributed by atoms with E-state index >= 15 is 0 Å². The van der Waals surface area contributed by atoms with Gasteiger partial charge in [-0.3, -0.25) is 4.90 Å². The lowest BCUT2D eigenvalue weighted by Crippen LogP contribution is -2.38. The molecule has 2 N–H and O–H groups in total. The SMILES string of the molecule is CCNC(=NCc1ccccc1CN1CCCCC1)NCCCOCC1CCOC1. The maximum Gasteiger partial charge on any atom is 0.191 e. The molecule has 6 heteroatoms. The molecule has 2 heterocycles. The molecule has 2 aliphatic rings.